The highest BCUT2D eigenvalue weighted by atomic mass is 32.2. The number of hydrazine groups is 1. The number of benzene rings is 1. The minimum absolute atomic E-state index is 0.398. The van der Waals surface area contributed by atoms with Crippen LogP contribution in [0, 0.1) is 0 Å². The maximum atomic E-state index is 12.6. The molecule has 3 rings (SSSR count). The first-order valence-electron chi connectivity index (χ1n) is 10.2. The molecule has 1 aliphatic carbocycles. The van der Waals surface area contributed by atoms with Crippen molar-refractivity contribution >= 4 is 23.6 Å². The molecule has 1 aliphatic rings. The molecule has 0 spiro atoms. The van der Waals surface area contributed by atoms with E-state index in [0.29, 0.717) is 28.2 Å². The van der Waals surface area contributed by atoms with Crippen molar-refractivity contribution in [1.29, 1.82) is 0 Å². The molecule has 1 fully saturated rings. The van der Waals surface area contributed by atoms with Crippen LogP contribution in [0.3, 0.4) is 0 Å². The van der Waals surface area contributed by atoms with Gasteiger partial charge in [-0.05, 0) is 63.1 Å². The molecular formula is C22H27N3O4S. The zero-order valence-electron chi connectivity index (χ0n) is 17.2. The Morgan fingerprint density at radius 2 is 1.83 bits per heavy atom. The normalized spacial score (nSPS) is 14.7. The van der Waals surface area contributed by atoms with E-state index in [1.165, 1.54) is 12.8 Å². The van der Waals surface area contributed by atoms with Crippen molar-refractivity contribution in [2.75, 3.05) is 6.61 Å². The van der Waals surface area contributed by atoms with Crippen LogP contribution < -0.4 is 20.3 Å². The van der Waals surface area contributed by atoms with E-state index in [4.69, 9.17) is 9.47 Å². The standard InChI is InChI=1S/C22H27N3O4S/c1-3-28-16-10-12-17(13-11-16)29-15(2)20(26)24-25-21(27)19-9-6-14-23-22(19)30-18-7-4-5-8-18/h6,9-15,18H,3-5,7-8H2,1-2H3,(H,24,26)(H,25,27). The average Bonchev–Trinajstić information content (AvgIpc) is 3.27. The zero-order valence-corrected chi connectivity index (χ0v) is 18.0. The second-order valence-corrected chi connectivity index (χ2v) is 8.28. The number of carbonyl (C=O) groups excluding carboxylic acids is 2. The Bertz CT molecular complexity index is 854. The molecule has 1 aromatic heterocycles. The third-order valence-electron chi connectivity index (χ3n) is 4.71. The second-order valence-electron chi connectivity index (χ2n) is 6.99. The van der Waals surface area contributed by atoms with Gasteiger partial charge in [0, 0.05) is 11.4 Å². The van der Waals surface area contributed by atoms with Gasteiger partial charge in [0.05, 0.1) is 12.2 Å². The zero-order chi connectivity index (χ0) is 21.3. The van der Waals surface area contributed by atoms with Crippen LogP contribution in [-0.2, 0) is 4.79 Å². The predicted molar refractivity (Wildman–Crippen MR) is 116 cm³/mol. The summed E-state index contributed by atoms with van der Waals surface area (Å²) in [5.41, 5.74) is 5.35. The van der Waals surface area contributed by atoms with Gasteiger partial charge in [0.1, 0.15) is 16.5 Å². The number of amides is 2. The summed E-state index contributed by atoms with van der Waals surface area (Å²) in [7, 11) is 0. The van der Waals surface area contributed by atoms with E-state index in [1.807, 2.05) is 6.92 Å². The van der Waals surface area contributed by atoms with Gasteiger partial charge in [0.2, 0.25) is 0 Å². The molecule has 0 saturated heterocycles. The largest absolute Gasteiger partial charge is 0.494 e. The minimum Gasteiger partial charge on any atom is -0.494 e. The molecule has 0 bridgehead atoms. The van der Waals surface area contributed by atoms with Crippen LogP contribution in [0.2, 0.25) is 0 Å². The number of ether oxygens (including phenoxy) is 2. The second kappa shape index (κ2) is 10.9. The summed E-state index contributed by atoms with van der Waals surface area (Å²) in [6.07, 6.45) is 5.60. The Labute approximate surface area is 180 Å². The Morgan fingerprint density at radius 3 is 2.53 bits per heavy atom. The lowest BCUT2D eigenvalue weighted by molar-refractivity contribution is -0.128. The highest BCUT2D eigenvalue weighted by Gasteiger charge is 2.21. The summed E-state index contributed by atoms with van der Waals surface area (Å²) in [5, 5.41) is 1.18. The predicted octanol–water partition coefficient (Wildman–Crippen LogP) is 3.74. The van der Waals surface area contributed by atoms with Gasteiger partial charge in [-0.3, -0.25) is 20.4 Å². The van der Waals surface area contributed by atoms with Crippen LogP contribution in [-0.4, -0.2) is 34.8 Å². The molecule has 160 valence electrons. The van der Waals surface area contributed by atoms with Crippen LogP contribution in [0.15, 0.2) is 47.6 Å². The number of nitrogens with zero attached hydrogens (tertiary/aromatic N) is 1. The number of aromatic nitrogens is 1. The van der Waals surface area contributed by atoms with Crippen LogP contribution in [0.1, 0.15) is 49.9 Å². The number of pyridine rings is 1. The van der Waals surface area contributed by atoms with E-state index >= 15 is 0 Å². The fourth-order valence-electron chi connectivity index (χ4n) is 3.15. The van der Waals surface area contributed by atoms with Crippen LogP contribution in [0.25, 0.3) is 0 Å². The molecule has 1 unspecified atom stereocenters. The first kappa shape index (κ1) is 22.0. The molecular weight excluding hydrogens is 402 g/mol. The number of nitrogens with one attached hydrogen (secondary N) is 2. The first-order chi connectivity index (χ1) is 14.6. The molecule has 2 N–H and O–H groups in total. The van der Waals surface area contributed by atoms with E-state index in [2.05, 4.69) is 15.8 Å². The van der Waals surface area contributed by atoms with E-state index < -0.39 is 17.9 Å². The summed E-state index contributed by atoms with van der Waals surface area (Å²) in [6.45, 7) is 4.10. The van der Waals surface area contributed by atoms with Crippen LogP contribution >= 0.6 is 11.8 Å². The van der Waals surface area contributed by atoms with E-state index in [0.717, 1.165) is 18.6 Å². The molecule has 2 aromatic rings. The molecule has 0 radical (unpaired) electrons. The van der Waals surface area contributed by atoms with Gasteiger partial charge in [-0.2, -0.15) is 0 Å². The van der Waals surface area contributed by atoms with Crippen LogP contribution in [0.5, 0.6) is 11.5 Å². The Hall–Kier alpha value is -2.74. The molecule has 1 atom stereocenters. The van der Waals surface area contributed by atoms with Crippen molar-refractivity contribution < 1.29 is 19.1 Å². The lowest BCUT2D eigenvalue weighted by atomic mass is 10.3. The fourth-order valence-corrected chi connectivity index (χ4v) is 4.44. The maximum absolute atomic E-state index is 12.6. The van der Waals surface area contributed by atoms with Crippen molar-refractivity contribution in [2.45, 2.75) is 55.9 Å². The van der Waals surface area contributed by atoms with Gasteiger partial charge in [-0.25, -0.2) is 4.98 Å². The molecule has 1 saturated carbocycles. The number of hydrogen-bond acceptors (Lipinski definition) is 6. The van der Waals surface area contributed by atoms with Gasteiger partial charge in [-0.15, -0.1) is 11.8 Å². The lowest BCUT2D eigenvalue weighted by Gasteiger charge is -2.16. The van der Waals surface area contributed by atoms with Crippen molar-refractivity contribution in [3.8, 4) is 11.5 Å². The molecule has 0 aliphatic heterocycles. The summed E-state index contributed by atoms with van der Waals surface area (Å²) in [4.78, 5) is 29.3. The summed E-state index contributed by atoms with van der Waals surface area (Å²) >= 11 is 1.63. The molecule has 30 heavy (non-hydrogen) atoms. The van der Waals surface area contributed by atoms with E-state index in [1.54, 1.807) is 61.3 Å². The van der Waals surface area contributed by atoms with Crippen LogP contribution in [0.4, 0.5) is 0 Å². The summed E-state index contributed by atoms with van der Waals surface area (Å²) < 4.78 is 11.0. The third-order valence-corrected chi connectivity index (χ3v) is 6.07. The highest BCUT2D eigenvalue weighted by Crippen LogP contribution is 2.35. The molecule has 1 aromatic carbocycles. The molecule has 2 amide bonds. The Balaban J connectivity index is 1.52. The number of hydrogen-bond donors (Lipinski definition) is 2. The third kappa shape index (κ3) is 6.13. The van der Waals surface area contributed by atoms with Gasteiger partial charge in [-0.1, -0.05) is 12.8 Å². The highest BCUT2D eigenvalue weighted by molar-refractivity contribution is 7.99. The van der Waals surface area contributed by atoms with Crippen molar-refractivity contribution in [1.82, 2.24) is 15.8 Å². The first-order valence-corrected chi connectivity index (χ1v) is 11.1. The smallest absolute Gasteiger partial charge is 0.279 e. The molecule has 7 nitrogen and oxygen atoms in total. The number of carbonyl (C=O) groups is 2. The van der Waals surface area contributed by atoms with Gasteiger partial charge in [0.15, 0.2) is 6.10 Å². The van der Waals surface area contributed by atoms with E-state index in [-0.39, 0.29) is 0 Å². The minimum atomic E-state index is -0.788. The monoisotopic (exact) mass is 429 g/mol. The van der Waals surface area contributed by atoms with Crippen molar-refractivity contribution in [2.24, 2.45) is 0 Å². The van der Waals surface area contributed by atoms with E-state index in [9.17, 15) is 9.59 Å². The van der Waals surface area contributed by atoms with Gasteiger partial charge >= 0.3 is 0 Å². The average molecular weight is 430 g/mol. The lowest BCUT2D eigenvalue weighted by Crippen LogP contribution is -2.47. The van der Waals surface area contributed by atoms with Gasteiger partial charge < -0.3 is 9.47 Å². The topological polar surface area (TPSA) is 89.5 Å². The van der Waals surface area contributed by atoms with Crippen molar-refractivity contribution in [3.05, 3.63) is 48.2 Å². The Kier molecular flexibility index (Phi) is 7.96. The quantitative estimate of drug-likeness (QED) is 0.622. The SMILES string of the molecule is CCOc1ccc(OC(C)C(=O)NNC(=O)c2cccnc2SC2CCCC2)cc1. The maximum Gasteiger partial charge on any atom is 0.279 e. The molecule has 1 heterocycles. The summed E-state index contributed by atoms with van der Waals surface area (Å²) in [6, 6.07) is 10.4. The number of rotatable bonds is 8. The number of thioether (sulfide) groups is 1. The molecule has 8 heteroatoms. The van der Waals surface area contributed by atoms with Crippen molar-refractivity contribution in [3.63, 3.8) is 0 Å². The summed E-state index contributed by atoms with van der Waals surface area (Å²) in [5.74, 6) is 0.420. The van der Waals surface area contributed by atoms with Gasteiger partial charge in [0.25, 0.3) is 11.8 Å². The fraction of sp³-hybridized carbons (Fsp3) is 0.409. The Morgan fingerprint density at radius 1 is 1.13 bits per heavy atom.